The summed E-state index contributed by atoms with van der Waals surface area (Å²) in [6.07, 6.45) is 0. The van der Waals surface area contributed by atoms with Crippen LogP contribution in [0, 0.1) is 0 Å². The highest BCUT2D eigenvalue weighted by atomic mass is 35.5. The van der Waals surface area contributed by atoms with Crippen molar-refractivity contribution >= 4 is 29.2 Å². The molecule has 0 aliphatic rings. The lowest BCUT2D eigenvalue weighted by molar-refractivity contribution is -0.151. The predicted octanol–water partition coefficient (Wildman–Crippen LogP) is 3.77. The van der Waals surface area contributed by atoms with Crippen LogP contribution in [0.25, 0.3) is 0 Å². The standard InChI is InChI=1S/C14H19Cl2NO2/c1-5-19-13(18)14(4,17-9(2)3)10-6-7-11(15)12(16)8-10/h6-9,17H,5H2,1-4H3. The second-order valence-electron chi connectivity index (χ2n) is 4.77. The van der Waals surface area contributed by atoms with Gasteiger partial charge in [0.1, 0.15) is 5.54 Å². The zero-order valence-electron chi connectivity index (χ0n) is 11.6. The van der Waals surface area contributed by atoms with Gasteiger partial charge < -0.3 is 4.74 Å². The summed E-state index contributed by atoms with van der Waals surface area (Å²) in [7, 11) is 0. The van der Waals surface area contributed by atoms with E-state index in [2.05, 4.69) is 5.32 Å². The lowest BCUT2D eigenvalue weighted by Crippen LogP contribution is -2.50. The van der Waals surface area contributed by atoms with Crippen molar-refractivity contribution in [3.8, 4) is 0 Å². The summed E-state index contributed by atoms with van der Waals surface area (Å²) < 4.78 is 5.15. The van der Waals surface area contributed by atoms with E-state index < -0.39 is 5.54 Å². The molecule has 1 N–H and O–H groups in total. The number of nitrogens with one attached hydrogen (secondary N) is 1. The molecule has 3 nitrogen and oxygen atoms in total. The number of hydrogen-bond donors (Lipinski definition) is 1. The van der Waals surface area contributed by atoms with Gasteiger partial charge in [0, 0.05) is 6.04 Å². The summed E-state index contributed by atoms with van der Waals surface area (Å²) in [5.74, 6) is -0.331. The minimum Gasteiger partial charge on any atom is -0.464 e. The molecule has 1 rings (SSSR count). The van der Waals surface area contributed by atoms with Gasteiger partial charge in [0.25, 0.3) is 0 Å². The highest BCUT2D eigenvalue weighted by Crippen LogP contribution is 2.30. The predicted molar refractivity (Wildman–Crippen MR) is 78.7 cm³/mol. The maximum atomic E-state index is 12.2. The summed E-state index contributed by atoms with van der Waals surface area (Å²) in [5.41, 5.74) is -0.215. The van der Waals surface area contributed by atoms with Crippen LogP contribution >= 0.6 is 23.2 Å². The third-order valence-electron chi connectivity index (χ3n) is 2.76. The normalized spacial score (nSPS) is 14.3. The van der Waals surface area contributed by atoms with Crippen LogP contribution in [0.1, 0.15) is 33.3 Å². The lowest BCUT2D eigenvalue weighted by Gasteiger charge is -2.31. The first-order chi connectivity index (χ1) is 8.81. The molecule has 0 radical (unpaired) electrons. The quantitative estimate of drug-likeness (QED) is 0.842. The van der Waals surface area contributed by atoms with Crippen molar-refractivity contribution < 1.29 is 9.53 Å². The summed E-state index contributed by atoms with van der Waals surface area (Å²) in [5, 5.41) is 4.10. The van der Waals surface area contributed by atoms with Gasteiger partial charge in [-0.05, 0) is 45.4 Å². The number of benzene rings is 1. The van der Waals surface area contributed by atoms with Gasteiger partial charge in [0.2, 0.25) is 0 Å². The third kappa shape index (κ3) is 3.85. The van der Waals surface area contributed by atoms with Gasteiger partial charge in [0.05, 0.1) is 16.7 Å². The Morgan fingerprint density at radius 1 is 1.37 bits per heavy atom. The first-order valence-corrected chi connectivity index (χ1v) is 6.97. The van der Waals surface area contributed by atoms with Crippen molar-refractivity contribution in [2.24, 2.45) is 0 Å². The van der Waals surface area contributed by atoms with Crippen molar-refractivity contribution in [2.45, 2.75) is 39.3 Å². The van der Waals surface area contributed by atoms with Gasteiger partial charge in [0.15, 0.2) is 0 Å². The van der Waals surface area contributed by atoms with E-state index in [1.807, 2.05) is 13.8 Å². The van der Waals surface area contributed by atoms with E-state index in [0.717, 1.165) is 5.56 Å². The number of ether oxygens (including phenoxy) is 1. The van der Waals surface area contributed by atoms with Crippen LogP contribution in [0.2, 0.25) is 10.0 Å². The molecular weight excluding hydrogens is 285 g/mol. The molecule has 0 saturated heterocycles. The Bertz CT molecular complexity index is 463. The average molecular weight is 304 g/mol. The van der Waals surface area contributed by atoms with Gasteiger partial charge in [-0.2, -0.15) is 0 Å². The number of carbonyl (C=O) groups excluding carboxylic acids is 1. The number of halogens is 2. The average Bonchev–Trinajstić information content (AvgIpc) is 2.31. The first kappa shape index (κ1) is 16.3. The van der Waals surface area contributed by atoms with Crippen molar-refractivity contribution in [1.29, 1.82) is 0 Å². The molecule has 106 valence electrons. The molecule has 1 aromatic rings. The molecule has 0 bridgehead atoms. The van der Waals surface area contributed by atoms with E-state index in [1.54, 1.807) is 32.0 Å². The maximum Gasteiger partial charge on any atom is 0.330 e. The van der Waals surface area contributed by atoms with Crippen LogP contribution in [-0.4, -0.2) is 18.6 Å². The summed E-state index contributed by atoms with van der Waals surface area (Å²) in [6.45, 7) is 7.83. The fourth-order valence-corrected chi connectivity index (χ4v) is 2.22. The summed E-state index contributed by atoms with van der Waals surface area (Å²) in [4.78, 5) is 12.2. The van der Waals surface area contributed by atoms with Gasteiger partial charge in [-0.3, -0.25) is 5.32 Å². The number of hydrogen-bond acceptors (Lipinski definition) is 3. The van der Waals surface area contributed by atoms with Crippen LogP contribution < -0.4 is 5.32 Å². The molecule has 0 aliphatic heterocycles. The Balaban J connectivity index is 3.21. The Morgan fingerprint density at radius 3 is 2.47 bits per heavy atom. The SMILES string of the molecule is CCOC(=O)C(C)(NC(C)C)c1ccc(Cl)c(Cl)c1. The molecule has 0 fully saturated rings. The van der Waals surface area contributed by atoms with Gasteiger partial charge in [-0.1, -0.05) is 29.3 Å². The van der Waals surface area contributed by atoms with Crippen LogP contribution in [-0.2, 0) is 15.1 Å². The number of rotatable bonds is 5. The van der Waals surface area contributed by atoms with Gasteiger partial charge in [-0.15, -0.1) is 0 Å². The molecule has 19 heavy (non-hydrogen) atoms. The summed E-state index contributed by atoms with van der Waals surface area (Å²) >= 11 is 11.9. The fourth-order valence-electron chi connectivity index (χ4n) is 1.92. The lowest BCUT2D eigenvalue weighted by atomic mass is 9.91. The molecule has 0 heterocycles. The molecular formula is C14H19Cl2NO2. The molecule has 1 aromatic carbocycles. The highest BCUT2D eigenvalue weighted by Gasteiger charge is 2.37. The van der Waals surface area contributed by atoms with E-state index in [9.17, 15) is 4.79 Å². The number of esters is 1. The topological polar surface area (TPSA) is 38.3 Å². The molecule has 0 aromatic heterocycles. The smallest absolute Gasteiger partial charge is 0.330 e. The zero-order chi connectivity index (χ0) is 14.6. The Kier molecular flexibility index (Phi) is 5.65. The second kappa shape index (κ2) is 6.60. The van der Waals surface area contributed by atoms with Crippen molar-refractivity contribution in [3.63, 3.8) is 0 Å². The van der Waals surface area contributed by atoms with Crippen LogP contribution in [0.5, 0.6) is 0 Å². The van der Waals surface area contributed by atoms with Crippen LogP contribution in [0.4, 0.5) is 0 Å². The van der Waals surface area contributed by atoms with E-state index >= 15 is 0 Å². The Hall–Kier alpha value is -0.770. The number of carbonyl (C=O) groups is 1. The Morgan fingerprint density at radius 2 is 2.00 bits per heavy atom. The van der Waals surface area contributed by atoms with E-state index in [0.29, 0.717) is 16.7 Å². The molecule has 0 spiro atoms. The molecule has 0 aliphatic carbocycles. The minimum absolute atomic E-state index is 0.115. The van der Waals surface area contributed by atoms with E-state index in [-0.39, 0.29) is 12.0 Å². The zero-order valence-corrected chi connectivity index (χ0v) is 13.1. The largest absolute Gasteiger partial charge is 0.464 e. The first-order valence-electron chi connectivity index (χ1n) is 6.21. The van der Waals surface area contributed by atoms with Gasteiger partial charge in [-0.25, -0.2) is 4.79 Å². The van der Waals surface area contributed by atoms with Gasteiger partial charge >= 0.3 is 5.97 Å². The van der Waals surface area contributed by atoms with Crippen LogP contribution in [0.15, 0.2) is 18.2 Å². The minimum atomic E-state index is -0.946. The van der Waals surface area contributed by atoms with E-state index in [4.69, 9.17) is 27.9 Å². The molecule has 1 unspecified atom stereocenters. The maximum absolute atomic E-state index is 12.2. The van der Waals surface area contributed by atoms with Crippen molar-refractivity contribution in [3.05, 3.63) is 33.8 Å². The molecule has 0 amide bonds. The molecule has 1 atom stereocenters. The monoisotopic (exact) mass is 303 g/mol. The van der Waals surface area contributed by atoms with Crippen LogP contribution in [0.3, 0.4) is 0 Å². The van der Waals surface area contributed by atoms with Crippen molar-refractivity contribution in [1.82, 2.24) is 5.32 Å². The molecule has 0 saturated carbocycles. The highest BCUT2D eigenvalue weighted by molar-refractivity contribution is 6.42. The van der Waals surface area contributed by atoms with E-state index in [1.165, 1.54) is 0 Å². The third-order valence-corrected chi connectivity index (χ3v) is 3.50. The van der Waals surface area contributed by atoms with Crippen molar-refractivity contribution in [2.75, 3.05) is 6.61 Å². The second-order valence-corrected chi connectivity index (χ2v) is 5.59. The Labute approximate surface area is 124 Å². The fraction of sp³-hybridized carbons (Fsp3) is 0.500. The summed E-state index contributed by atoms with van der Waals surface area (Å²) in [6, 6.07) is 5.26. The molecule has 5 heteroatoms.